The van der Waals surface area contributed by atoms with Gasteiger partial charge in [-0.25, -0.2) is 0 Å². The highest BCUT2D eigenvalue weighted by atomic mass is 35.5. The van der Waals surface area contributed by atoms with Gasteiger partial charge in [-0.1, -0.05) is 17.7 Å². The summed E-state index contributed by atoms with van der Waals surface area (Å²) in [5, 5.41) is 13.3. The van der Waals surface area contributed by atoms with Gasteiger partial charge in [0.2, 0.25) is 11.8 Å². The van der Waals surface area contributed by atoms with Gasteiger partial charge in [-0.3, -0.25) is 19.7 Å². The molecule has 1 fully saturated rings. The summed E-state index contributed by atoms with van der Waals surface area (Å²) in [4.78, 5) is 36.1. The van der Waals surface area contributed by atoms with Crippen molar-refractivity contribution in [3.63, 3.8) is 0 Å². The molecule has 7 nitrogen and oxygen atoms in total. The number of rotatable bonds is 4. The first-order valence-corrected chi connectivity index (χ1v) is 8.66. The fourth-order valence-electron chi connectivity index (χ4n) is 2.96. The lowest BCUT2D eigenvalue weighted by atomic mass is 10.1. The topological polar surface area (TPSA) is 92.5 Å². The van der Waals surface area contributed by atoms with Gasteiger partial charge in [0.25, 0.3) is 5.69 Å². The number of hydrogen-bond donors (Lipinski definition) is 1. The molecule has 152 valence electrons. The van der Waals surface area contributed by atoms with E-state index in [9.17, 15) is 32.9 Å². The molecule has 0 radical (unpaired) electrons. The number of alkyl halides is 3. The number of nitrogens with one attached hydrogen (secondary N) is 1. The van der Waals surface area contributed by atoms with Crippen LogP contribution < -0.4 is 10.2 Å². The van der Waals surface area contributed by atoms with Crippen molar-refractivity contribution in [2.45, 2.75) is 12.6 Å². The minimum atomic E-state index is -4.56. The van der Waals surface area contributed by atoms with Crippen molar-refractivity contribution in [3.8, 4) is 0 Å². The van der Waals surface area contributed by atoms with Crippen LogP contribution in [0.25, 0.3) is 0 Å². The number of halogens is 4. The number of nitro groups is 1. The summed E-state index contributed by atoms with van der Waals surface area (Å²) in [5.41, 5.74) is -1.12. The molecule has 0 spiro atoms. The number of anilines is 2. The number of carbonyl (C=O) groups is 2. The Morgan fingerprint density at radius 1 is 1.24 bits per heavy atom. The van der Waals surface area contributed by atoms with Crippen molar-refractivity contribution in [1.82, 2.24) is 0 Å². The summed E-state index contributed by atoms with van der Waals surface area (Å²) in [6, 6.07) is 7.99. The van der Waals surface area contributed by atoms with Gasteiger partial charge in [-0.05, 0) is 30.3 Å². The van der Waals surface area contributed by atoms with Crippen LogP contribution in [0.3, 0.4) is 0 Å². The van der Waals surface area contributed by atoms with Gasteiger partial charge >= 0.3 is 6.18 Å². The van der Waals surface area contributed by atoms with Gasteiger partial charge in [0, 0.05) is 30.4 Å². The van der Waals surface area contributed by atoms with Crippen LogP contribution in [0, 0.1) is 16.0 Å². The Labute approximate surface area is 167 Å². The maximum absolute atomic E-state index is 12.9. The lowest BCUT2D eigenvalue weighted by molar-refractivity contribution is -0.384. The fraction of sp³-hybridized carbons (Fsp3) is 0.222. The first-order chi connectivity index (χ1) is 13.6. The second-order valence-corrected chi connectivity index (χ2v) is 6.77. The predicted octanol–water partition coefficient (Wildman–Crippen LogP) is 4.26. The van der Waals surface area contributed by atoms with Crippen LogP contribution in [0.4, 0.5) is 30.2 Å². The minimum absolute atomic E-state index is 0.0438. The van der Waals surface area contributed by atoms with Crippen molar-refractivity contribution in [3.05, 3.63) is 63.2 Å². The predicted molar refractivity (Wildman–Crippen MR) is 98.6 cm³/mol. The first kappa shape index (κ1) is 20.6. The average Bonchev–Trinajstić information content (AvgIpc) is 3.04. The van der Waals surface area contributed by atoms with Gasteiger partial charge in [-0.15, -0.1) is 0 Å². The third kappa shape index (κ3) is 4.48. The highest BCUT2D eigenvalue weighted by molar-refractivity contribution is 6.32. The van der Waals surface area contributed by atoms with Crippen LogP contribution in [0.1, 0.15) is 12.0 Å². The summed E-state index contributed by atoms with van der Waals surface area (Å²) in [6.07, 6.45) is -4.75. The van der Waals surface area contributed by atoms with Crippen LogP contribution in [0.5, 0.6) is 0 Å². The number of amides is 2. The molecule has 1 aliphatic rings. The lowest BCUT2D eigenvalue weighted by Gasteiger charge is -2.18. The SMILES string of the molecule is O=C(Nc1ccc(Cl)c([N+](=O)[O-])c1)[C@@H]1CC(=O)N(c2cccc(C(F)(F)F)c2)C1. The Balaban J connectivity index is 1.74. The zero-order valence-corrected chi connectivity index (χ0v) is 15.3. The molecule has 0 aromatic heterocycles. The van der Waals surface area contributed by atoms with E-state index in [1.165, 1.54) is 24.3 Å². The van der Waals surface area contributed by atoms with E-state index in [0.29, 0.717) is 0 Å². The Hall–Kier alpha value is -3.14. The highest BCUT2D eigenvalue weighted by Crippen LogP contribution is 2.34. The molecule has 0 unspecified atom stereocenters. The molecule has 1 N–H and O–H groups in total. The summed E-state index contributed by atoms with van der Waals surface area (Å²) in [6.45, 7) is -0.109. The number of carbonyl (C=O) groups excluding carboxylic acids is 2. The summed E-state index contributed by atoms with van der Waals surface area (Å²) in [5.74, 6) is -1.90. The summed E-state index contributed by atoms with van der Waals surface area (Å²) in [7, 11) is 0. The number of hydrogen-bond acceptors (Lipinski definition) is 4. The van der Waals surface area contributed by atoms with Crippen LogP contribution >= 0.6 is 11.6 Å². The largest absolute Gasteiger partial charge is 0.416 e. The molecule has 2 aromatic rings. The third-order valence-electron chi connectivity index (χ3n) is 4.39. The Kier molecular flexibility index (Phi) is 5.47. The Morgan fingerprint density at radius 3 is 2.62 bits per heavy atom. The van der Waals surface area contributed by atoms with Crippen molar-refractivity contribution < 1.29 is 27.7 Å². The molecule has 1 saturated heterocycles. The van der Waals surface area contributed by atoms with Gasteiger partial charge in [-0.2, -0.15) is 13.2 Å². The average molecular weight is 428 g/mol. The van der Waals surface area contributed by atoms with Crippen molar-refractivity contribution in [2.24, 2.45) is 5.92 Å². The van der Waals surface area contributed by atoms with Crippen LogP contribution in [-0.2, 0) is 15.8 Å². The van der Waals surface area contributed by atoms with E-state index >= 15 is 0 Å². The smallest absolute Gasteiger partial charge is 0.326 e. The lowest BCUT2D eigenvalue weighted by Crippen LogP contribution is -2.28. The quantitative estimate of drug-likeness (QED) is 0.583. The van der Waals surface area contributed by atoms with Gasteiger partial charge in [0.1, 0.15) is 5.02 Å². The van der Waals surface area contributed by atoms with Crippen LogP contribution in [0.2, 0.25) is 5.02 Å². The van der Waals surface area contributed by atoms with Crippen molar-refractivity contribution in [1.29, 1.82) is 0 Å². The van der Waals surface area contributed by atoms with Crippen molar-refractivity contribution >= 4 is 40.5 Å². The normalized spacial score (nSPS) is 16.8. The molecule has 2 amide bonds. The molecule has 1 aliphatic heterocycles. The van der Waals surface area contributed by atoms with Crippen molar-refractivity contribution in [2.75, 3.05) is 16.8 Å². The molecule has 0 aliphatic carbocycles. The highest BCUT2D eigenvalue weighted by Gasteiger charge is 2.37. The molecule has 11 heteroatoms. The number of nitro benzene ring substituents is 1. The van der Waals surface area contributed by atoms with E-state index in [1.807, 2.05) is 0 Å². The molecule has 3 rings (SSSR count). The van der Waals surface area contributed by atoms with E-state index in [1.54, 1.807) is 0 Å². The molecule has 0 bridgehead atoms. The third-order valence-corrected chi connectivity index (χ3v) is 4.71. The van der Waals surface area contributed by atoms with Gasteiger partial charge in [0.15, 0.2) is 0 Å². The monoisotopic (exact) mass is 427 g/mol. The zero-order valence-electron chi connectivity index (χ0n) is 14.6. The van der Waals surface area contributed by atoms with E-state index in [2.05, 4.69) is 5.32 Å². The molecular formula is C18H13ClF3N3O4. The van der Waals surface area contributed by atoms with E-state index in [-0.39, 0.29) is 29.4 Å². The van der Waals surface area contributed by atoms with Crippen LogP contribution in [-0.4, -0.2) is 23.3 Å². The zero-order chi connectivity index (χ0) is 21.3. The summed E-state index contributed by atoms with van der Waals surface area (Å²) < 4.78 is 38.7. The second-order valence-electron chi connectivity index (χ2n) is 6.37. The van der Waals surface area contributed by atoms with Gasteiger partial charge < -0.3 is 10.2 Å². The Morgan fingerprint density at radius 2 is 1.97 bits per heavy atom. The first-order valence-electron chi connectivity index (χ1n) is 8.28. The molecule has 0 saturated carbocycles. The molecule has 1 heterocycles. The fourth-order valence-corrected chi connectivity index (χ4v) is 3.14. The number of benzene rings is 2. The standard InChI is InChI=1S/C18H13ClF3N3O4/c19-14-5-4-12(8-15(14)25(28)29)23-17(27)10-6-16(26)24(9-10)13-3-1-2-11(7-13)18(20,21)22/h1-5,7-8,10H,6,9H2,(H,23,27)/t10-/m1/s1. The molecule has 1 atom stereocenters. The second kappa shape index (κ2) is 7.70. The van der Waals surface area contributed by atoms with Gasteiger partial charge in [0.05, 0.1) is 16.4 Å². The van der Waals surface area contributed by atoms with E-state index in [0.717, 1.165) is 23.1 Å². The Bertz CT molecular complexity index is 997. The molecule has 29 heavy (non-hydrogen) atoms. The maximum atomic E-state index is 12.9. The van der Waals surface area contributed by atoms with E-state index in [4.69, 9.17) is 11.6 Å². The van der Waals surface area contributed by atoms with E-state index < -0.39 is 40.1 Å². The van der Waals surface area contributed by atoms with Crippen LogP contribution in [0.15, 0.2) is 42.5 Å². The maximum Gasteiger partial charge on any atom is 0.416 e. The molecule has 2 aromatic carbocycles. The number of nitrogens with zero attached hydrogens (tertiary/aromatic N) is 2. The minimum Gasteiger partial charge on any atom is -0.326 e. The summed E-state index contributed by atoms with van der Waals surface area (Å²) >= 11 is 5.72. The molecular weight excluding hydrogens is 415 g/mol.